The molecule has 134 valence electrons. The van der Waals surface area contributed by atoms with Gasteiger partial charge >= 0.3 is 0 Å². The summed E-state index contributed by atoms with van der Waals surface area (Å²) in [6.45, 7) is 0. The molecule has 0 atom stereocenters. The Hall–Kier alpha value is -3.93. The molecule has 0 fully saturated rings. The Kier molecular flexibility index (Phi) is 4.99. The van der Waals surface area contributed by atoms with Crippen molar-refractivity contribution >= 4 is 23.1 Å². The third-order valence-corrected chi connectivity index (χ3v) is 3.47. The largest absolute Gasteiger partial charge is 0.338 e. The Morgan fingerprint density at radius 2 is 1.74 bits per heavy atom. The molecule has 0 aliphatic heterocycles. The number of halogens is 3. The fourth-order valence-corrected chi connectivity index (χ4v) is 2.13. The third-order valence-electron chi connectivity index (χ3n) is 3.47. The zero-order valence-electron chi connectivity index (χ0n) is 13.5. The van der Waals surface area contributed by atoms with Gasteiger partial charge in [-0.15, -0.1) is 0 Å². The topological polar surface area (TPSA) is 90.7 Å². The van der Waals surface area contributed by atoms with Crippen LogP contribution in [-0.4, -0.2) is 15.9 Å². The average molecular weight is 369 g/mol. The van der Waals surface area contributed by atoms with E-state index in [-0.39, 0.29) is 17.2 Å². The lowest BCUT2D eigenvalue weighted by atomic mass is 10.2. The number of nitrogens with zero attached hydrogens (tertiary/aromatic N) is 3. The van der Waals surface area contributed by atoms with Crippen LogP contribution in [0.5, 0.6) is 0 Å². The van der Waals surface area contributed by atoms with Crippen LogP contribution >= 0.6 is 0 Å². The van der Waals surface area contributed by atoms with Crippen molar-refractivity contribution in [2.24, 2.45) is 0 Å². The predicted molar refractivity (Wildman–Crippen MR) is 90.7 cm³/mol. The fourth-order valence-electron chi connectivity index (χ4n) is 2.13. The summed E-state index contributed by atoms with van der Waals surface area (Å²) in [4.78, 5) is 19.9. The second kappa shape index (κ2) is 7.53. The summed E-state index contributed by atoms with van der Waals surface area (Å²) >= 11 is 0. The predicted octanol–water partition coefficient (Wildman–Crippen LogP) is 3.76. The van der Waals surface area contributed by atoms with Crippen LogP contribution in [0.2, 0.25) is 0 Å². The molecule has 0 aliphatic carbocycles. The van der Waals surface area contributed by atoms with Gasteiger partial charge in [0.1, 0.15) is 17.8 Å². The Balaban J connectivity index is 1.77. The number of rotatable bonds is 4. The summed E-state index contributed by atoms with van der Waals surface area (Å²) in [6.07, 6.45) is 1.06. The number of benzene rings is 2. The maximum atomic E-state index is 13.7. The van der Waals surface area contributed by atoms with E-state index < -0.39 is 23.4 Å². The van der Waals surface area contributed by atoms with Gasteiger partial charge in [0.2, 0.25) is 0 Å². The van der Waals surface area contributed by atoms with Gasteiger partial charge in [-0.3, -0.25) is 4.79 Å². The van der Waals surface area contributed by atoms with E-state index in [2.05, 4.69) is 20.6 Å². The molecule has 0 saturated heterocycles. The normalized spacial score (nSPS) is 10.1. The lowest BCUT2D eigenvalue weighted by Gasteiger charge is -2.09. The van der Waals surface area contributed by atoms with E-state index in [0.717, 1.165) is 18.5 Å². The highest BCUT2D eigenvalue weighted by atomic mass is 19.2. The summed E-state index contributed by atoms with van der Waals surface area (Å²) in [6, 6.07) is 11.1. The molecule has 9 heteroatoms. The smallest absolute Gasteiger partial charge is 0.274 e. The molecule has 3 aromatic rings. The molecule has 2 N–H and O–H groups in total. The molecule has 2 aromatic carbocycles. The van der Waals surface area contributed by atoms with E-state index in [1.54, 1.807) is 12.1 Å². The summed E-state index contributed by atoms with van der Waals surface area (Å²) in [5.41, 5.74) is 0.500. The minimum atomic E-state index is -1.62. The number of nitriles is 1. The zero-order valence-corrected chi connectivity index (χ0v) is 13.5. The molecule has 0 bridgehead atoms. The first-order valence-corrected chi connectivity index (χ1v) is 7.52. The van der Waals surface area contributed by atoms with Gasteiger partial charge in [-0.1, -0.05) is 0 Å². The van der Waals surface area contributed by atoms with Crippen molar-refractivity contribution in [1.29, 1.82) is 5.26 Å². The Morgan fingerprint density at radius 3 is 2.44 bits per heavy atom. The highest BCUT2D eigenvalue weighted by Crippen LogP contribution is 2.22. The summed E-state index contributed by atoms with van der Waals surface area (Å²) in [5.74, 6) is -4.90. The van der Waals surface area contributed by atoms with E-state index in [1.165, 1.54) is 18.2 Å². The molecule has 0 unspecified atom stereocenters. The fraction of sp³-hybridized carbons (Fsp3) is 0. The van der Waals surface area contributed by atoms with Crippen molar-refractivity contribution in [3.8, 4) is 6.07 Å². The number of amides is 1. The van der Waals surface area contributed by atoms with Crippen LogP contribution in [0, 0.1) is 28.8 Å². The first-order chi connectivity index (χ1) is 13.0. The molecule has 1 amide bonds. The minimum Gasteiger partial charge on any atom is -0.338 e. The maximum absolute atomic E-state index is 13.7. The highest BCUT2D eigenvalue weighted by Gasteiger charge is 2.15. The van der Waals surface area contributed by atoms with Crippen LogP contribution < -0.4 is 10.6 Å². The molecular weight excluding hydrogens is 359 g/mol. The van der Waals surface area contributed by atoms with Crippen LogP contribution in [-0.2, 0) is 0 Å². The van der Waals surface area contributed by atoms with Gasteiger partial charge in [0.05, 0.1) is 17.3 Å². The SMILES string of the molecule is N#Cc1ccc(NC(=O)c2cc(Nc3ccc(F)c(F)c3F)ncn2)cc1. The van der Waals surface area contributed by atoms with E-state index in [0.29, 0.717) is 11.3 Å². The first kappa shape index (κ1) is 17.9. The molecule has 0 aliphatic rings. The molecule has 0 radical (unpaired) electrons. The van der Waals surface area contributed by atoms with Gasteiger partial charge in [0, 0.05) is 11.8 Å². The van der Waals surface area contributed by atoms with Gasteiger partial charge in [-0.25, -0.2) is 23.1 Å². The van der Waals surface area contributed by atoms with Crippen LogP contribution in [0.4, 0.5) is 30.4 Å². The van der Waals surface area contributed by atoms with Gasteiger partial charge in [-0.05, 0) is 36.4 Å². The summed E-state index contributed by atoms with van der Waals surface area (Å²) < 4.78 is 40.0. The minimum absolute atomic E-state index is 0.0138. The van der Waals surface area contributed by atoms with Gasteiger partial charge in [-0.2, -0.15) is 5.26 Å². The van der Waals surface area contributed by atoms with Crippen molar-refractivity contribution in [2.45, 2.75) is 0 Å². The van der Waals surface area contributed by atoms with Crippen LogP contribution in [0.15, 0.2) is 48.8 Å². The lowest BCUT2D eigenvalue weighted by Crippen LogP contribution is -2.14. The number of hydrogen-bond acceptors (Lipinski definition) is 5. The molecular formula is C18H10F3N5O. The number of nitrogens with one attached hydrogen (secondary N) is 2. The van der Waals surface area contributed by atoms with E-state index in [4.69, 9.17) is 5.26 Å². The highest BCUT2D eigenvalue weighted by molar-refractivity contribution is 6.03. The Morgan fingerprint density at radius 1 is 1.00 bits per heavy atom. The number of hydrogen-bond donors (Lipinski definition) is 2. The van der Waals surface area contributed by atoms with E-state index >= 15 is 0 Å². The number of carbonyl (C=O) groups excluding carboxylic acids is 1. The molecule has 0 saturated carbocycles. The van der Waals surface area contributed by atoms with Crippen molar-refractivity contribution in [3.05, 3.63) is 77.5 Å². The molecule has 1 aromatic heterocycles. The van der Waals surface area contributed by atoms with Crippen LogP contribution in [0.3, 0.4) is 0 Å². The van der Waals surface area contributed by atoms with E-state index in [9.17, 15) is 18.0 Å². The Labute approximate surface area is 151 Å². The standard InChI is InChI=1S/C18H10F3N5O/c19-12-5-6-13(17(21)16(12)20)26-15-7-14(23-9-24-15)18(27)25-11-3-1-10(8-22)2-4-11/h1-7,9H,(H,25,27)(H,23,24,26). The summed E-state index contributed by atoms with van der Waals surface area (Å²) in [5, 5.41) is 13.8. The van der Waals surface area contributed by atoms with E-state index in [1.807, 2.05) is 6.07 Å². The monoisotopic (exact) mass is 369 g/mol. The molecule has 0 spiro atoms. The number of aromatic nitrogens is 2. The van der Waals surface area contributed by atoms with Gasteiger partial charge in [0.15, 0.2) is 17.5 Å². The quantitative estimate of drug-likeness (QED) is 0.684. The maximum Gasteiger partial charge on any atom is 0.274 e. The van der Waals surface area contributed by atoms with Crippen LogP contribution in [0.1, 0.15) is 16.1 Å². The van der Waals surface area contributed by atoms with Crippen molar-refractivity contribution in [3.63, 3.8) is 0 Å². The Bertz CT molecular complexity index is 1050. The summed E-state index contributed by atoms with van der Waals surface area (Å²) in [7, 11) is 0. The molecule has 1 heterocycles. The zero-order chi connectivity index (χ0) is 19.4. The third kappa shape index (κ3) is 4.01. The molecule has 6 nitrogen and oxygen atoms in total. The molecule has 3 rings (SSSR count). The number of carbonyl (C=O) groups is 1. The van der Waals surface area contributed by atoms with Gasteiger partial charge in [0.25, 0.3) is 5.91 Å². The second-order valence-corrected chi connectivity index (χ2v) is 5.28. The second-order valence-electron chi connectivity index (χ2n) is 5.28. The van der Waals surface area contributed by atoms with Crippen LogP contribution in [0.25, 0.3) is 0 Å². The molecule has 27 heavy (non-hydrogen) atoms. The van der Waals surface area contributed by atoms with Crippen molar-refractivity contribution in [2.75, 3.05) is 10.6 Å². The average Bonchev–Trinajstić information content (AvgIpc) is 2.69. The first-order valence-electron chi connectivity index (χ1n) is 7.52. The van der Waals surface area contributed by atoms with Crippen molar-refractivity contribution < 1.29 is 18.0 Å². The number of anilines is 3. The lowest BCUT2D eigenvalue weighted by molar-refractivity contribution is 0.102. The van der Waals surface area contributed by atoms with Crippen molar-refractivity contribution in [1.82, 2.24) is 9.97 Å². The van der Waals surface area contributed by atoms with Gasteiger partial charge < -0.3 is 10.6 Å².